The lowest BCUT2D eigenvalue weighted by Crippen LogP contribution is -2.38. The molecule has 0 aromatic carbocycles. The molecule has 1 aliphatic rings. The average molecular weight is 252 g/mol. The lowest BCUT2D eigenvalue weighted by Gasteiger charge is -2.14. The highest BCUT2D eigenvalue weighted by Crippen LogP contribution is 2.30. The number of nitrogens with two attached hydrogens (primary N) is 1. The first kappa shape index (κ1) is 12.6. The minimum atomic E-state index is -0.123. The topological polar surface area (TPSA) is 55.1 Å². The molecule has 0 spiro atoms. The van der Waals surface area contributed by atoms with E-state index in [4.69, 9.17) is 5.73 Å². The predicted molar refractivity (Wildman–Crippen MR) is 71.0 cm³/mol. The summed E-state index contributed by atoms with van der Waals surface area (Å²) in [5.41, 5.74) is 7.19. The molecule has 17 heavy (non-hydrogen) atoms. The fourth-order valence-electron chi connectivity index (χ4n) is 2.05. The van der Waals surface area contributed by atoms with Crippen LogP contribution in [0.2, 0.25) is 0 Å². The molecule has 3 nitrogen and oxygen atoms in total. The van der Waals surface area contributed by atoms with Crippen LogP contribution in [0.1, 0.15) is 35.6 Å². The van der Waals surface area contributed by atoms with Gasteiger partial charge in [0.05, 0.1) is 6.54 Å². The van der Waals surface area contributed by atoms with Gasteiger partial charge in [-0.1, -0.05) is 6.92 Å². The minimum absolute atomic E-state index is 0.0496. The molecule has 0 fully saturated rings. The van der Waals surface area contributed by atoms with Crippen molar-refractivity contribution < 1.29 is 4.79 Å². The van der Waals surface area contributed by atoms with Crippen molar-refractivity contribution in [2.45, 2.75) is 45.7 Å². The first-order valence-corrected chi connectivity index (χ1v) is 7.03. The van der Waals surface area contributed by atoms with Gasteiger partial charge in [0.25, 0.3) is 0 Å². The van der Waals surface area contributed by atoms with E-state index in [9.17, 15) is 4.79 Å². The third-order valence-corrected chi connectivity index (χ3v) is 4.67. The highest BCUT2D eigenvalue weighted by Gasteiger charge is 2.18. The van der Waals surface area contributed by atoms with Gasteiger partial charge in [-0.05, 0) is 37.8 Å². The molecule has 2 rings (SSSR count). The molecule has 1 amide bonds. The predicted octanol–water partition coefficient (Wildman–Crippen LogP) is 1.84. The summed E-state index contributed by atoms with van der Waals surface area (Å²) >= 11 is 1.84. The standard InChI is InChI=1S/C13H20N2OS/c1-8(9(2)14)13(16)15-7-11-6-10-4-3-5-12(10)17-11/h6,8-9H,3-5,7,14H2,1-2H3,(H,15,16). The van der Waals surface area contributed by atoms with Crippen LogP contribution in [0.3, 0.4) is 0 Å². The van der Waals surface area contributed by atoms with Crippen molar-refractivity contribution in [3.8, 4) is 0 Å². The Morgan fingerprint density at radius 3 is 2.94 bits per heavy atom. The number of hydrogen-bond donors (Lipinski definition) is 2. The van der Waals surface area contributed by atoms with E-state index in [2.05, 4.69) is 11.4 Å². The molecule has 1 heterocycles. The van der Waals surface area contributed by atoms with Gasteiger partial charge in [0.2, 0.25) is 5.91 Å². The molecule has 0 saturated carbocycles. The number of carbonyl (C=O) groups excluding carboxylic acids is 1. The van der Waals surface area contributed by atoms with Crippen LogP contribution >= 0.6 is 11.3 Å². The van der Waals surface area contributed by atoms with Gasteiger partial charge in [0.1, 0.15) is 0 Å². The summed E-state index contributed by atoms with van der Waals surface area (Å²) in [4.78, 5) is 14.5. The number of thiophene rings is 1. The van der Waals surface area contributed by atoms with Gasteiger partial charge >= 0.3 is 0 Å². The summed E-state index contributed by atoms with van der Waals surface area (Å²) in [6.07, 6.45) is 3.70. The third-order valence-electron chi connectivity index (χ3n) is 3.44. The van der Waals surface area contributed by atoms with E-state index in [1.807, 2.05) is 25.2 Å². The number of aryl methyl sites for hydroxylation is 2. The summed E-state index contributed by atoms with van der Waals surface area (Å²) in [6.45, 7) is 4.38. The van der Waals surface area contributed by atoms with Crippen LogP contribution in [0.25, 0.3) is 0 Å². The van der Waals surface area contributed by atoms with Gasteiger partial charge < -0.3 is 11.1 Å². The first-order valence-electron chi connectivity index (χ1n) is 6.21. The zero-order chi connectivity index (χ0) is 12.4. The van der Waals surface area contributed by atoms with Crippen molar-refractivity contribution in [2.75, 3.05) is 0 Å². The molecule has 1 aliphatic carbocycles. The molecule has 0 bridgehead atoms. The smallest absolute Gasteiger partial charge is 0.224 e. The normalized spacial score (nSPS) is 17.6. The molecule has 3 N–H and O–H groups in total. The Hall–Kier alpha value is -0.870. The van der Waals surface area contributed by atoms with Crippen molar-refractivity contribution in [3.63, 3.8) is 0 Å². The van der Waals surface area contributed by atoms with Crippen LogP contribution in [0.15, 0.2) is 6.07 Å². The Kier molecular flexibility index (Phi) is 3.84. The summed E-state index contributed by atoms with van der Waals surface area (Å²) in [5.74, 6) is -0.0737. The summed E-state index contributed by atoms with van der Waals surface area (Å²) in [5, 5.41) is 2.96. The van der Waals surface area contributed by atoms with Crippen molar-refractivity contribution in [1.29, 1.82) is 0 Å². The van der Waals surface area contributed by atoms with Crippen LogP contribution in [0.4, 0.5) is 0 Å². The largest absolute Gasteiger partial charge is 0.351 e. The van der Waals surface area contributed by atoms with E-state index in [1.54, 1.807) is 0 Å². The SMILES string of the molecule is CC(N)C(C)C(=O)NCc1cc2c(s1)CCC2. The van der Waals surface area contributed by atoms with E-state index in [-0.39, 0.29) is 17.9 Å². The number of nitrogens with one attached hydrogen (secondary N) is 1. The van der Waals surface area contributed by atoms with E-state index in [0.29, 0.717) is 6.54 Å². The lowest BCUT2D eigenvalue weighted by molar-refractivity contribution is -0.125. The van der Waals surface area contributed by atoms with Crippen LogP contribution in [0.5, 0.6) is 0 Å². The number of amides is 1. The van der Waals surface area contributed by atoms with Gasteiger partial charge in [-0.25, -0.2) is 0 Å². The highest BCUT2D eigenvalue weighted by atomic mass is 32.1. The molecular formula is C13H20N2OS. The quantitative estimate of drug-likeness (QED) is 0.859. The number of carbonyl (C=O) groups is 1. The Balaban J connectivity index is 1.87. The van der Waals surface area contributed by atoms with Crippen LogP contribution in [-0.2, 0) is 24.2 Å². The zero-order valence-corrected chi connectivity index (χ0v) is 11.3. The number of fused-ring (bicyclic) bond motifs is 1. The Labute approximate surface area is 106 Å². The first-order chi connectivity index (χ1) is 8.08. The number of hydrogen-bond acceptors (Lipinski definition) is 3. The second kappa shape index (κ2) is 5.19. The van der Waals surface area contributed by atoms with Gasteiger partial charge in [0.15, 0.2) is 0 Å². The maximum absolute atomic E-state index is 11.7. The summed E-state index contributed by atoms with van der Waals surface area (Å²) in [7, 11) is 0. The lowest BCUT2D eigenvalue weighted by atomic mass is 10.0. The summed E-state index contributed by atoms with van der Waals surface area (Å²) in [6, 6.07) is 2.15. The minimum Gasteiger partial charge on any atom is -0.351 e. The molecule has 1 aromatic rings. The maximum atomic E-state index is 11.7. The fraction of sp³-hybridized carbons (Fsp3) is 0.615. The fourth-order valence-corrected chi connectivity index (χ4v) is 3.25. The van der Waals surface area contributed by atoms with E-state index in [0.717, 1.165) is 0 Å². The molecule has 2 unspecified atom stereocenters. The molecule has 0 radical (unpaired) electrons. The Morgan fingerprint density at radius 1 is 1.53 bits per heavy atom. The third kappa shape index (κ3) is 2.87. The van der Waals surface area contributed by atoms with Crippen molar-refractivity contribution in [3.05, 3.63) is 21.4 Å². The van der Waals surface area contributed by atoms with Gasteiger partial charge in [-0.15, -0.1) is 11.3 Å². The Morgan fingerprint density at radius 2 is 2.29 bits per heavy atom. The molecule has 2 atom stereocenters. The van der Waals surface area contributed by atoms with E-state index in [1.165, 1.54) is 34.6 Å². The monoisotopic (exact) mass is 252 g/mol. The van der Waals surface area contributed by atoms with Gasteiger partial charge in [-0.3, -0.25) is 4.79 Å². The van der Waals surface area contributed by atoms with Crippen molar-refractivity contribution >= 4 is 17.2 Å². The van der Waals surface area contributed by atoms with Crippen LogP contribution < -0.4 is 11.1 Å². The van der Waals surface area contributed by atoms with Crippen molar-refractivity contribution in [1.82, 2.24) is 5.32 Å². The van der Waals surface area contributed by atoms with Crippen LogP contribution in [-0.4, -0.2) is 11.9 Å². The summed E-state index contributed by atoms with van der Waals surface area (Å²) < 4.78 is 0. The number of rotatable bonds is 4. The second-order valence-corrected chi connectivity index (χ2v) is 6.10. The van der Waals surface area contributed by atoms with E-state index >= 15 is 0 Å². The Bertz CT molecular complexity index is 390. The van der Waals surface area contributed by atoms with Gasteiger partial charge in [-0.2, -0.15) is 0 Å². The van der Waals surface area contributed by atoms with Crippen molar-refractivity contribution in [2.24, 2.45) is 11.7 Å². The molecule has 4 heteroatoms. The molecular weight excluding hydrogens is 232 g/mol. The van der Waals surface area contributed by atoms with E-state index < -0.39 is 0 Å². The highest BCUT2D eigenvalue weighted by molar-refractivity contribution is 7.12. The van der Waals surface area contributed by atoms with Crippen LogP contribution in [0, 0.1) is 5.92 Å². The zero-order valence-electron chi connectivity index (χ0n) is 10.5. The maximum Gasteiger partial charge on any atom is 0.224 e. The van der Waals surface area contributed by atoms with Gasteiger partial charge in [0, 0.05) is 21.7 Å². The second-order valence-electron chi connectivity index (χ2n) is 4.88. The average Bonchev–Trinajstić information content (AvgIpc) is 2.84. The molecule has 0 saturated heterocycles. The molecule has 94 valence electrons. The molecule has 1 aromatic heterocycles. The molecule has 0 aliphatic heterocycles.